The SMILES string of the molecule is Cc1ccc(S(=O)(=O)n2ccc(C(=O)NCc3cnn(C)c3)c2)cc1. The van der Waals surface area contributed by atoms with Crippen molar-refractivity contribution >= 4 is 15.9 Å². The van der Waals surface area contributed by atoms with Crippen LogP contribution in [0.1, 0.15) is 21.5 Å². The van der Waals surface area contributed by atoms with Crippen LogP contribution in [0, 0.1) is 6.92 Å². The van der Waals surface area contributed by atoms with Crippen molar-refractivity contribution in [2.24, 2.45) is 7.05 Å². The van der Waals surface area contributed by atoms with Gasteiger partial charge in [0.1, 0.15) is 0 Å². The Bertz CT molecular complexity index is 1000. The second-order valence-electron chi connectivity index (χ2n) is 5.75. The summed E-state index contributed by atoms with van der Waals surface area (Å²) in [6.07, 6.45) is 6.14. The van der Waals surface area contributed by atoms with E-state index in [1.54, 1.807) is 48.4 Å². The molecule has 2 heterocycles. The number of nitrogens with zero attached hydrogens (tertiary/aromatic N) is 3. The maximum absolute atomic E-state index is 12.6. The molecule has 0 radical (unpaired) electrons. The molecule has 1 amide bonds. The predicted molar refractivity (Wildman–Crippen MR) is 92.6 cm³/mol. The summed E-state index contributed by atoms with van der Waals surface area (Å²) in [6, 6.07) is 8.04. The zero-order chi connectivity index (χ0) is 18.0. The molecule has 25 heavy (non-hydrogen) atoms. The third-order valence-corrected chi connectivity index (χ3v) is 5.39. The van der Waals surface area contributed by atoms with E-state index >= 15 is 0 Å². The summed E-state index contributed by atoms with van der Waals surface area (Å²) >= 11 is 0. The Labute approximate surface area is 146 Å². The lowest BCUT2D eigenvalue weighted by Gasteiger charge is -2.06. The second-order valence-corrected chi connectivity index (χ2v) is 7.60. The molecule has 0 spiro atoms. The van der Waals surface area contributed by atoms with Gasteiger partial charge in [0.2, 0.25) is 0 Å². The first kappa shape index (κ1) is 17.0. The lowest BCUT2D eigenvalue weighted by Crippen LogP contribution is -2.22. The van der Waals surface area contributed by atoms with Gasteiger partial charge in [0.15, 0.2) is 0 Å². The highest BCUT2D eigenvalue weighted by atomic mass is 32.2. The molecule has 0 fully saturated rings. The summed E-state index contributed by atoms with van der Waals surface area (Å²) in [6.45, 7) is 2.21. The molecule has 1 N–H and O–H groups in total. The first-order valence-corrected chi connectivity index (χ1v) is 9.06. The summed E-state index contributed by atoms with van der Waals surface area (Å²) < 4.78 is 27.9. The minimum atomic E-state index is -3.71. The van der Waals surface area contributed by atoms with E-state index in [0.717, 1.165) is 15.1 Å². The van der Waals surface area contributed by atoms with Gasteiger partial charge in [0, 0.05) is 37.7 Å². The molecular weight excluding hydrogens is 340 g/mol. The van der Waals surface area contributed by atoms with Crippen molar-refractivity contribution in [1.82, 2.24) is 19.1 Å². The fourth-order valence-corrected chi connectivity index (χ4v) is 3.54. The Morgan fingerprint density at radius 3 is 2.52 bits per heavy atom. The molecule has 3 rings (SSSR count). The molecule has 0 unspecified atom stereocenters. The number of aromatic nitrogens is 3. The first-order valence-electron chi connectivity index (χ1n) is 7.62. The Balaban J connectivity index is 1.75. The van der Waals surface area contributed by atoms with Crippen molar-refractivity contribution in [3.8, 4) is 0 Å². The number of amides is 1. The largest absolute Gasteiger partial charge is 0.348 e. The molecule has 0 saturated carbocycles. The van der Waals surface area contributed by atoms with E-state index in [1.165, 1.54) is 18.5 Å². The van der Waals surface area contributed by atoms with Crippen molar-refractivity contribution in [1.29, 1.82) is 0 Å². The van der Waals surface area contributed by atoms with Crippen LogP contribution in [0.4, 0.5) is 0 Å². The topological polar surface area (TPSA) is 86.0 Å². The van der Waals surface area contributed by atoms with E-state index in [4.69, 9.17) is 0 Å². The fourth-order valence-electron chi connectivity index (χ4n) is 2.34. The smallest absolute Gasteiger partial charge is 0.267 e. The van der Waals surface area contributed by atoms with Gasteiger partial charge < -0.3 is 5.32 Å². The van der Waals surface area contributed by atoms with Crippen molar-refractivity contribution < 1.29 is 13.2 Å². The van der Waals surface area contributed by atoms with E-state index in [9.17, 15) is 13.2 Å². The Kier molecular flexibility index (Phi) is 4.45. The van der Waals surface area contributed by atoms with E-state index < -0.39 is 10.0 Å². The van der Waals surface area contributed by atoms with E-state index in [-0.39, 0.29) is 16.4 Å². The van der Waals surface area contributed by atoms with Gasteiger partial charge in [-0.2, -0.15) is 5.10 Å². The standard InChI is InChI=1S/C17H18N4O3S/c1-13-3-5-16(6-4-13)25(23,24)21-8-7-15(12-21)17(22)18-9-14-10-19-20(2)11-14/h3-8,10-12H,9H2,1-2H3,(H,18,22). The highest BCUT2D eigenvalue weighted by molar-refractivity contribution is 7.90. The first-order chi connectivity index (χ1) is 11.9. The van der Waals surface area contributed by atoms with Crippen molar-refractivity contribution in [3.05, 3.63) is 71.8 Å². The summed E-state index contributed by atoms with van der Waals surface area (Å²) in [5.41, 5.74) is 2.11. The molecule has 0 aliphatic heterocycles. The molecule has 7 nitrogen and oxygen atoms in total. The van der Waals surface area contributed by atoms with Crippen LogP contribution in [-0.4, -0.2) is 28.1 Å². The van der Waals surface area contributed by atoms with Crippen LogP contribution >= 0.6 is 0 Å². The number of aryl methyl sites for hydroxylation is 2. The highest BCUT2D eigenvalue weighted by Gasteiger charge is 2.18. The molecular formula is C17H18N4O3S. The van der Waals surface area contributed by atoms with Crippen LogP contribution in [-0.2, 0) is 23.6 Å². The number of rotatable bonds is 5. The summed E-state index contributed by atoms with van der Waals surface area (Å²) in [5, 5.41) is 6.77. The lowest BCUT2D eigenvalue weighted by molar-refractivity contribution is 0.0951. The second kappa shape index (κ2) is 6.56. The summed E-state index contributed by atoms with van der Waals surface area (Å²) in [7, 11) is -1.92. The Hall–Kier alpha value is -2.87. The van der Waals surface area contributed by atoms with Gasteiger partial charge in [-0.1, -0.05) is 17.7 Å². The van der Waals surface area contributed by atoms with Crippen molar-refractivity contribution in [2.45, 2.75) is 18.4 Å². The number of nitrogens with one attached hydrogen (secondary N) is 1. The average molecular weight is 358 g/mol. The van der Waals surface area contributed by atoms with Gasteiger partial charge in [-0.15, -0.1) is 0 Å². The number of hydrogen-bond donors (Lipinski definition) is 1. The fraction of sp³-hybridized carbons (Fsp3) is 0.176. The van der Waals surface area contributed by atoms with Crippen molar-refractivity contribution in [3.63, 3.8) is 0 Å². The molecule has 0 aliphatic rings. The number of carbonyl (C=O) groups is 1. The minimum Gasteiger partial charge on any atom is -0.348 e. The van der Waals surface area contributed by atoms with Gasteiger partial charge in [-0.3, -0.25) is 9.48 Å². The normalized spacial score (nSPS) is 11.4. The highest BCUT2D eigenvalue weighted by Crippen LogP contribution is 2.16. The van der Waals surface area contributed by atoms with Gasteiger partial charge in [-0.05, 0) is 25.1 Å². The Morgan fingerprint density at radius 1 is 1.16 bits per heavy atom. The number of carbonyl (C=O) groups excluding carboxylic acids is 1. The quantitative estimate of drug-likeness (QED) is 0.752. The predicted octanol–water partition coefficient (Wildman–Crippen LogP) is 1.70. The molecule has 0 saturated heterocycles. The third-order valence-electron chi connectivity index (χ3n) is 3.74. The van der Waals surface area contributed by atoms with Gasteiger partial charge in [-0.25, -0.2) is 12.4 Å². The zero-order valence-electron chi connectivity index (χ0n) is 13.9. The molecule has 0 bridgehead atoms. The van der Waals surface area contributed by atoms with Crippen LogP contribution in [0.3, 0.4) is 0 Å². The molecule has 130 valence electrons. The average Bonchev–Trinajstić information content (AvgIpc) is 3.22. The maximum atomic E-state index is 12.6. The summed E-state index contributed by atoms with van der Waals surface area (Å²) in [4.78, 5) is 12.4. The maximum Gasteiger partial charge on any atom is 0.267 e. The molecule has 2 aromatic heterocycles. The Morgan fingerprint density at radius 2 is 1.88 bits per heavy atom. The van der Waals surface area contributed by atoms with Crippen LogP contribution in [0.2, 0.25) is 0 Å². The molecule has 1 aromatic carbocycles. The van der Waals surface area contributed by atoms with E-state index in [2.05, 4.69) is 10.4 Å². The van der Waals surface area contributed by atoms with Crippen LogP contribution in [0.5, 0.6) is 0 Å². The molecule has 0 aliphatic carbocycles. The zero-order valence-corrected chi connectivity index (χ0v) is 14.7. The molecule has 0 atom stereocenters. The van der Waals surface area contributed by atoms with Crippen LogP contribution in [0.15, 0.2) is 60.0 Å². The lowest BCUT2D eigenvalue weighted by atomic mass is 10.2. The van der Waals surface area contributed by atoms with Gasteiger partial charge in [0.05, 0.1) is 16.7 Å². The minimum absolute atomic E-state index is 0.177. The third kappa shape index (κ3) is 3.63. The number of hydrogen-bond acceptors (Lipinski definition) is 4. The van der Waals surface area contributed by atoms with E-state index in [0.29, 0.717) is 6.54 Å². The number of benzene rings is 1. The van der Waals surface area contributed by atoms with Gasteiger partial charge in [0.25, 0.3) is 15.9 Å². The van der Waals surface area contributed by atoms with Crippen molar-refractivity contribution in [2.75, 3.05) is 0 Å². The van der Waals surface area contributed by atoms with Crippen LogP contribution < -0.4 is 5.32 Å². The molecule has 3 aromatic rings. The van der Waals surface area contributed by atoms with E-state index in [1.807, 2.05) is 6.92 Å². The van der Waals surface area contributed by atoms with Crippen LogP contribution in [0.25, 0.3) is 0 Å². The summed E-state index contributed by atoms with van der Waals surface area (Å²) in [5.74, 6) is -0.346. The monoisotopic (exact) mass is 358 g/mol. The molecule has 8 heteroatoms. The van der Waals surface area contributed by atoms with Gasteiger partial charge >= 0.3 is 0 Å².